The Morgan fingerprint density at radius 2 is 1.74 bits per heavy atom. The van der Waals surface area contributed by atoms with Crippen LogP contribution in [0.2, 0.25) is 5.02 Å². The van der Waals surface area contributed by atoms with Crippen LogP contribution in [0.3, 0.4) is 0 Å². The summed E-state index contributed by atoms with van der Waals surface area (Å²) in [7, 11) is -1.13. The molecule has 0 aromatic heterocycles. The number of nitrogens with one attached hydrogen (secondary N) is 1. The van der Waals surface area contributed by atoms with Crippen molar-refractivity contribution < 1.29 is 22.7 Å². The molecule has 0 unspecified atom stereocenters. The average Bonchev–Trinajstić information content (AvgIpc) is 2.74. The zero-order valence-corrected chi connectivity index (χ0v) is 19.6. The molecule has 2 aromatic carbocycles. The van der Waals surface area contributed by atoms with Crippen molar-refractivity contribution in [3.8, 4) is 11.5 Å². The van der Waals surface area contributed by atoms with Crippen molar-refractivity contribution >= 4 is 33.2 Å². The first kappa shape index (κ1) is 23.2. The Morgan fingerprint density at radius 1 is 1.10 bits per heavy atom. The Bertz CT molecular complexity index is 1080. The largest absolute Gasteiger partial charge is 0.495 e. The molecular formula is C22H27ClN2O5S. The third-order valence-electron chi connectivity index (χ3n) is 5.51. The number of rotatable bonds is 6. The van der Waals surface area contributed by atoms with E-state index in [2.05, 4.69) is 11.6 Å². The zero-order valence-electron chi connectivity index (χ0n) is 18.1. The molecule has 0 bridgehead atoms. The number of benzene rings is 2. The fourth-order valence-electron chi connectivity index (χ4n) is 3.56. The molecule has 0 aliphatic carbocycles. The maximum absolute atomic E-state index is 13.2. The number of likely N-dealkylation sites (tertiary alicyclic amines) is 1. The highest BCUT2D eigenvalue weighted by molar-refractivity contribution is 7.92. The summed E-state index contributed by atoms with van der Waals surface area (Å²) in [6, 6.07) is 7.67. The van der Waals surface area contributed by atoms with Gasteiger partial charge in [0.05, 0.1) is 29.8 Å². The molecule has 1 N–H and O–H groups in total. The quantitative estimate of drug-likeness (QED) is 0.684. The van der Waals surface area contributed by atoms with Gasteiger partial charge in [0.15, 0.2) is 0 Å². The lowest BCUT2D eigenvalue weighted by molar-refractivity contribution is 0.0697. The molecule has 1 saturated heterocycles. The Labute approximate surface area is 188 Å². The Hall–Kier alpha value is -2.45. The van der Waals surface area contributed by atoms with Crippen LogP contribution in [0.1, 0.15) is 35.7 Å². The number of carbonyl (C=O) groups excluding carboxylic acids is 1. The minimum absolute atomic E-state index is 0.0257. The third-order valence-corrected chi connectivity index (χ3v) is 7.32. The van der Waals surface area contributed by atoms with E-state index < -0.39 is 10.0 Å². The van der Waals surface area contributed by atoms with Crippen LogP contribution in [0.25, 0.3) is 0 Å². The summed E-state index contributed by atoms with van der Waals surface area (Å²) in [5.74, 6) is 1.06. The van der Waals surface area contributed by atoms with E-state index in [-0.39, 0.29) is 27.3 Å². The summed E-state index contributed by atoms with van der Waals surface area (Å²) < 4.78 is 39.3. The van der Waals surface area contributed by atoms with Gasteiger partial charge in [0.25, 0.3) is 15.9 Å². The lowest BCUT2D eigenvalue weighted by Crippen LogP contribution is -2.38. The highest BCUT2D eigenvalue weighted by atomic mass is 35.5. The van der Waals surface area contributed by atoms with Gasteiger partial charge in [-0.25, -0.2) is 8.42 Å². The van der Waals surface area contributed by atoms with Crippen molar-refractivity contribution in [1.82, 2.24) is 4.90 Å². The Kier molecular flexibility index (Phi) is 7.01. The van der Waals surface area contributed by atoms with E-state index in [1.165, 1.54) is 32.4 Å². The summed E-state index contributed by atoms with van der Waals surface area (Å²) >= 11 is 6.16. The molecular weight excluding hydrogens is 440 g/mol. The number of halogens is 1. The number of hydrogen-bond donors (Lipinski definition) is 1. The number of carbonyl (C=O) groups is 1. The number of aryl methyl sites for hydroxylation is 1. The van der Waals surface area contributed by atoms with Gasteiger partial charge in [-0.05, 0) is 49.4 Å². The molecule has 0 atom stereocenters. The maximum Gasteiger partial charge on any atom is 0.262 e. The number of amides is 1. The van der Waals surface area contributed by atoms with Crippen LogP contribution in [0.5, 0.6) is 11.5 Å². The first-order valence-corrected chi connectivity index (χ1v) is 11.9. The van der Waals surface area contributed by atoms with Crippen LogP contribution < -0.4 is 14.2 Å². The van der Waals surface area contributed by atoms with E-state index in [9.17, 15) is 13.2 Å². The van der Waals surface area contributed by atoms with Gasteiger partial charge in [-0.15, -0.1) is 0 Å². The molecule has 1 aliphatic heterocycles. The molecule has 0 radical (unpaired) electrons. The minimum Gasteiger partial charge on any atom is -0.495 e. The number of sulfonamides is 1. The number of ether oxygens (including phenoxy) is 2. The summed E-state index contributed by atoms with van der Waals surface area (Å²) in [5, 5.41) is 0.237. The summed E-state index contributed by atoms with van der Waals surface area (Å²) in [6.45, 7) is 5.21. The SMILES string of the molecule is COc1cc(OC)c(NS(=O)(=O)c2cc(C(=O)N3CCC(C)CC3)ccc2C)cc1Cl. The number of piperidine rings is 1. The van der Waals surface area contributed by atoms with Gasteiger partial charge < -0.3 is 14.4 Å². The van der Waals surface area contributed by atoms with E-state index in [1.807, 2.05) is 0 Å². The number of methoxy groups -OCH3 is 2. The van der Waals surface area contributed by atoms with Crippen LogP contribution in [0.15, 0.2) is 35.2 Å². The van der Waals surface area contributed by atoms with E-state index >= 15 is 0 Å². The molecule has 7 nitrogen and oxygen atoms in total. The number of nitrogens with zero attached hydrogens (tertiary/aromatic N) is 1. The van der Waals surface area contributed by atoms with Gasteiger partial charge in [0.2, 0.25) is 0 Å². The normalized spacial score (nSPS) is 14.9. The van der Waals surface area contributed by atoms with E-state index in [1.54, 1.807) is 24.0 Å². The summed E-state index contributed by atoms with van der Waals surface area (Å²) in [6.07, 6.45) is 1.89. The van der Waals surface area contributed by atoms with Crippen LogP contribution in [0.4, 0.5) is 5.69 Å². The lowest BCUT2D eigenvalue weighted by atomic mass is 9.98. The topological polar surface area (TPSA) is 84.9 Å². The van der Waals surface area contributed by atoms with Gasteiger partial charge in [-0.2, -0.15) is 0 Å². The van der Waals surface area contributed by atoms with Gasteiger partial charge in [-0.3, -0.25) is 9.52 Å². The molecule has 2 aromatic rings. The van der Waals surface area contributed by atoms with Crippen molar-refractivity contribution in [3.63, 3.8) is 0 Å². The van der Waals surface area contributed by atoms with Crippen molar-refractivity contribution in [2.75, 3.05) is 32.0 Å². The van der Waals surface area contributed by atoms with Crippen LogP contribution >= 0.6 is 11.6 Å². The van der Waals surface area contributed by atoms with Crippen LogP contribution in [-0.4, -0.2) is 46.5 Å². The van der Waals surface area contributed by atoms with E-state index in [0.717, 1.165) is 12.8 Å². The van der Waals surface area contributed by atoms with E-state index in [4.69, 9.17) is 21.1 Å². The number of anilines is 1. The van der Waals surface area contributed by atoms with Gasteiger partial charge in [0, 0.05) is 24.7 Å². The second-order valence-electron chi connectivity index (χ2n) is 7.75. The fourth-order valence-corrected chi connectivity index (χ4v) is 5.13. The monoisotopic (exact) mass is 466 g/mol. The minimum atomic E-state index is -4.01. The van der Waals surface area contributed by atoms with Crippen molar-refractivity contribution in [2.24, 2.45) is 5.92 Å². The van der Waals surface area contributed by atoms with Crippen molar-refractivity contribution in [2.45, 2.75) is 31.6 Å². The molecule has 168 valence electrons. The van der Waals surface area contributed by atoms with Gasteiger partial charge in [0.1, 0.15) is 11.5 Å². The maximum atomic E-state index is 13.2. The molecule has 31 heavy (non-hydrogen) atoms. The smallest absolute Gasteiger partial charge is 0.262 e. The average molecular weight is 467 g/mol. The molecule has 1 aliphatic rings. The van der Waals surface area contributed by atoms with Crippen molar-refractivity contribution in [3.05, 3.63) is 46.5 Å². The molecule has 1 amide bonds. The predicted molar refractivity (Wildman–Crippen MR) is 121 cm³/mol. The zero-order chi connectivity index (χ0) is 22.8. The number of hydrogen-bond acceptors (Lipinski definition) is 5. The standard InChI is InChI=1S/C22H27ClN2O5S/c1-14-7-9-25(10-8-14)22(26)16-6-5-15(2)21(11-16)31(27,28)24-18-12-17(23)19(29-3)13-20(18)30-4/h5-6,11-14,24H,7-10H2,1-4H3. The van der Waals surface area contributed by atoms with Gasteiger partial charge >= 0.3 is 0 Å². The Morgan fingerprint density at radius 3 is 2.35 bits per heavy atom. The summed E-state index contributed by atoms with van der Waals surface area (Å²) in [5.41, 5.74) is 1.05. The highest BCUT2D eigenvalue weighted by Gasteiger charge is 2.25. The second kappa shape index (κ2) is 9.36. The molecule has 1 heterocycles. The highest BCUT2D eigenvalue weighted by Crippen LogP contribution is 2.37. The summed E-state index contributed by atoms with van der Waals surface area (Å²) in [4.78, 5) is 14.7. The molecule has 9 heteroatoms. The Balaban J connectivity index is 1.92. The first-order chi connectivity index (χ1) is 14.7. The lowest BCUT2D eigenvalue weighted by Gasteiger charge is -2.30. The van der Waals surface area contributed by atoms with Crippen molar-refractivity contribution in [1.29, 1.82) is 0 Å². The predicted octanol–water partition coefficient (Wildman–Crippen LogP) is 4.34. The molecule has 3 rings (SSSR count). The molecule has 0 saturated carbocycles. The first-order valence-electron chi connectivity index (χ1n) is 10.0. The third kappa shape index (κ3) is 5.07. The fraction of sp³-hybridized carbons (Fsp3) is 0.409. The molecule has 0 spiro atoms. The van der Waals surface area contributed by atoms with Crippen LogP contribution in [0, 0.1) is 12.8 Å². The van der Waals surface area contributed by atoms with Crippen LogP contribution in [-0.2, 0) is 10.0 Å². The second-order valence-corrected chi connectivity index (χ2v) is 9.81. The molecule has 1 fully saturated rings. The van der Waals surface area contributed by atoms with Gasteiger partial charge in [-0.1, -0.05) is 24.6 Å². The van der Waals surface area contributed by atoms with E-state index in [0.29, 0.717) is 35.9 Å².